The average Bonchev–Trinajstić information content (AvgIpc) is 2.31. The molecule has 0 aromatic rings. The van der Waals surface area contributed by atoms with Gasteiger partial charge in [0.15, 0.2) is 0 Å². The number of alkyl halides is 4. The first kappa shape index (κ1) is 15.2. The number of carbonyl (C=O) groups is 1. The monoisotopic (exact) mass is 270 g/mol. The highest BCUT2D eigenvalue weighted by Crippen LogP contribution is 2.34. The number of hydrogen-bond donors (Lipinski definition) is 2. The molecule has 1 amide bonds. The summed E-state index contributed by atoms with van der Waals surface area (Å²) in [5.41, 5.74) is 4.56. The maximum Gasteiger partial charge on any atom is 0.383 e. The van der Waals surface area contributed by atoms with Gasteiger partial charge in [0.25, 0.3) is 5.91 Å². The fraction of sp³-hybridized carbons (Fsp3) is 0.909. The van der Waals surface area contributed by atoms with Crippen molar-refractivity contribution in [1.29, 1.82) is 0 Å². The maximum absolute atomic E-state index is 12.9. The Morgan fingerprint density at radius 1 is 1.50 bits per heavy atom. The van der Waals surface area contributed by atoms with E-state index in [1.165, 1.54) is 0 Å². The topological polar surface area (TPSA) is 55.1 Å². The van der Waals surface area contributed by atoms with Crippen molar-refractivity contribution in [1.82, 2.24) is 5.32 Å². The van der Waals surface area contributed by atoms with Gasteiger partial charge < -0.3 is 11.1 Å². The maximum atomic E-state index is 12.9. The van der Waals surface area contributed by atoms with E-state index < -0.39 is 23.8 Å². The molecule has 1 rings (SSSR count). The van der Waals surface area contributed by atoms with Crippen molar-refractivity contribution in [2.75, 3.05) is 6.54 Å². The summed E-state index contributed by atoms with van der Waals surface area (Å²) in [5, 5.41) is 2.06. The largest absolute Gasteiger partial charge is 0.383 e. The van der Waals surface area contributed by atoms with Gasteiger partial charge in [0.1, 0.15) is 0 Å². The molecule has 1 fully saturated rings. The summed E-state index contributed by atoms with van der Waals surface area (Å²) in [5.74, 6) is -6.70. The normalized spacial score (nSPS) is 29.4. The predicted octanol–water partition coefficient (Wildman–Crippen LogP) is 1.91. The smallest absolute Gasteiger partial charge is 0.344 e. The summed E-state index contributed by atoms with van der Waals surface area (Å²) in [6.45, 7) is 1.76. The molecular formula is C11H18F4N2O. The first-order valence-corrected chi connectivity index (χ1v) is 5.95. The highest BCUT2D eigenvalue weighted by Gasteiger charge is 2.52. The van der Waals surface area contributed by atoms with Gasteiger partial charge in [-0.25, -0.2) is 8.78 Å². The zero-order valence-corrected chi connectivity index (χ0v) is 10.2. The van der Waals surface area contributed by atoms with Crippen LogP contribution in [0.25, 0.3) is 0 Å². The van der Waals surface area contributed by atoms with Gasteiger partial charge in [0, 0.05) is 6.54 Å². The fourth-order valence-electron chi connectivity index (χ4n) is 2.36. The van der Waals surface area contributed by atoms with E-state index in [4.69, 9.17) is 5.73 Å². The minimum atomic E-state index is -4.67. The summed E-state index contributed by atoms with van der Waals surface area (Å²) < 4.78 is 50.1. The van der Waals surface area contributed by atoms with Crippen molar-refractivity contribution >= 4 is 5.91 Å². The van der Waals surface area contributed by atoms with Crippen LogP contribution in [0.1, 0.15) is 32.6 Å². The Balaban J connectivity index is 2.83. The third-order valence-electron chi connectivity index (χ3n) is 3.76. The molecule has 3 nitrogen and oxygen atoms in total. The van der Waals surface area contributed by atoms with Gasteiger partial charge in [-0.05, 0) is 18.8 Å². The molecule has 0 saturated heterocycles. The number of hydrogen-bond acceptors (Lipinski definition) is 2. The number of halogens is 4. The number of amides is 1. The number of carbonyl (C=O) groups excluding carboxylic acids is 1. The summed E-state index contributed by atoms with van der Waals surface area (Å²) in [7, 11) is 0. The highest BCUT2D eigenvalue weighted by atomic mass is 19.3. The van der Waals surface area contributed by atoms with Crippen LogP contribution in [0.5, 0.6) is 0 Å². The molecule has 0 heterocycles. The molecule has 0 bridgehead atoms. The minimum absolute atomic E-state index is 0.0285. The minimum Gasteiger partial charge on any atom is -0.344 e. The van der Waals surface area contributed by atoms with Crippen LogP contribution >= 0.6 is 0 Å². The lowest BCUT2D eigenvalue weighted by molar-refractivity contribution is -0.172. The highest BCUT2D eigenvalue weighted by molar-refractivity contribution is 5.84. The van der Waals surface area contributed by atoms with Crippen molar-refractivity contribution in [3.05, 3.63) is 0 Å². The van der Waals surface area contributed by atoms with Crippen LogP contribution in [-0.2, 0) is 4.79 Å². The van der Waals surface area contributed by atoms with Crippen LogP contribution < -0.4 is 11.1 Å². The van der Waals surface area contributed by atoms with Gasteiger partial charge in [0.2, 0.25) is 0 Å². The first-order chi connectivity index (χ1) is 8.26. The molecule has 0 spiro atoms. The van der Waals surface area contributed by atoms with Crippen LogP contribution in [0.2, 0.25) is 0 Å². The molecule has 7 heteroatoms. The standard InChI is InChI=1S/C11H18F4N2O/c1-7-4-2-3-5-10(7,6-16)17-9(18)11(14,15)8(12)13/h7-8H,2-6,16H2,1H3,(H,17,18). The van der Waals surface area contributed by atoms with E-state index in [1.54, 1.807) is 6.92 Å². The van der Waals surface area contributed by atoms with Gasteiger partial charge in [-0.15, -0.1) is 0 Å². The number of nitrogens with two attached hydrogens (primary N) is 1. The van der Waals surface area contributed by atoms with Gasteiger partial charge in [-0.1, -0.05) is 19.8 Å². The number of nitrogens with one attached hydrogen (secondary N) is 1. The Morgan fingerprint density at radius 3 is 2.56 bits per heavy atom. The quantitative estimate of drug-likeness (QED) is 0.767. The van der Waals surface area contributed by atoms with E-state index in [0.29, 0.717) is 6.42 Å². The second-order valence-corrected chi connectivity index (χ2v) is 4.88. The summed E-state index contributed by atoms with van der Waals surface area (Å²) in [6, 6.07) is 0. The van der Waals surface area contributed by atoms with Crippen LogP contribution in [0.15, 0.2) is 0 Å². The molecule has 0 aromatic carbocycles. The lowest BCUT2D eigenvalue weighted by atomic mass is 9.73. The zero-order valence-electron chi connectivity index (χ0n) is 10.2. The molecule has 0 aromatic heterocycles. The van der Waals surface area contributed by atoms with Gasteiger partial charge in [-0.2, -0.15) is 8.78 Å². The van der Waals surface area contributed by atoms with E-state index in [-0.39, 0.29) is 12.5 Å². The van der Waals surface area contributed by atoms with Crippen LogP contribution in [0.4, 0.5) is 17.6 Å². The van der Waals surface area contributed by atoms with E-state index in [1.807, 2.05) is 0 Å². The van der Waals surface area contributed by atoms with Gasteiger partial charge in [-0.3, -0.25) is 4.79 Å². The Morgan fingerprint density at radius 2 is 2.11 bits per heavy atom. The molecule has 0 radical (unpaired) electrons. The van der Waals surface area contributed by atoms with Gasteiger partial charge in [0.05, 0.1) is 5.54 Å². The molecule has 2 atom stereocenters. The SMILES string of the molecule is CC1CCCCC1(CN)NC(=O)C(F)(F)C(F)F. The van der Waals surface area contributed by atoms with Crippen LogP contribution in [-0.4, -0.2) is 30.3 Å². The molecule has 18 heavy (non-hydrogen) atoms. The predicted molar refractivity (Wildman–Crippen MR) is 58.5 cm³/mol. The molecule has 2 unspecified atom stereocenters. The third-order valence-corrected chi connectivity index (χ3v) is 3.76. The molecule has 3 N–H and O–H groups in total. The second kappa shape index (κ2) is 5.42. The summed E-state index contributed by atoms with van der Waals surface area (Å²) >= 11 is 0. The Labute approximate surface area is 103 Å². The Hall–Kier alpha value is -0.850. The lowest BCUT2D eigenvalue weighted by Gasteiger charge is -2.43. The number of rotatable bonds is 4. The van der Waals surface area contributed by atoms with Crippen molar-refractivity contribution < 1.29 is 22.4 Å². The van der Waals surface area contributed by atoms with Crippen molar-refractivity contribution in [3.63, 3.8) is 0 Å². The van der Waals surface area contributed by atoms with Crippen LogP contribution in [0, 0.1) is 5.92 Å². The summed E-state index contributed by atoms with van der Waals surface area (Å²) in [6.07, 6.45) is -1.18. The molecular weight excluding hydrogens is 252 g/mol. The van der Waals surface area contributed by atoms with Crippen LogP contribution in [0.3, 0.4) is 0 Å². The molecule has 0 aliphatic heterocycles. The van der Waals surface area contributed by atoms with Crippen molar-refractivity contribution in [3.8, 4) is 0 Å². The molecule has 1 saturated carbocycles. The van der Waals surface area contributed by atoms with Crippen molar-refractivity contribution in [2.45, 2.75) is 50.5 Å². The van der Waals surface area contributed by atoms with E-state index in [2.05, 4.69) is 5.32 Å². The zero-order chi connectivity index (χ0) is 14.0. The molecule has 106 valence electrons. The van der Waals surface area contributed by atoms with E-state index in [9.17, 15) is 22.4 Å². The first-order valence-electron chi connectivity index (χ1n) is 5.95. The fourth-order valence-corrected chi connectivity index (χ4v) is 2.36. The van der Waals surface area contributed by atoms with E-state index >= 15 is 0 Å². The molecule has 1 aliphatic carbocycles. The molecule has 1 aliphatic rings. The summed E-state index contributed by atoms with van der Waals surface area (Å²) in [4.78, 5) is 11.3. The van der Waals surface area contributed by atoms with E-state index in [0.717, 1.165) is 19.3 Å². The second-order valence-electron chi connectivity index (χ2n) is 4.88. The Kier molecular flexibility index (Phi) is 4.58. The average molecular weight is 270 g/mol. The lowest BCUT2D eigenvalue weighted by Crippen LogP contribution is -2.63. The van der Waals surface area contributed by atoms with Crippen molar-refractivity contribution in [2.24, 2.45) is 11.7 Å². The Bertz CT molecular complexity index is 311. The third kappa shape index (κ3) is 2.76. The van der Waals surface area contributed by atoms with Gasteiger partial charge >= 0.3 is 12.3 Å².